The predicted octanol–water partition coefficient (Wildman–Crippen LogP) is 2.49. The van der Waals surface area contributed by atoms with E-state index >= 15 is 0 Å². The van der Waals surface area contributed by atoms with Gasteiger partial charge in [0, 0.05) is 4.88 Å². The van der Waals surface area contributed by atoms with Crippen LogP contribution in [0.2, 0.25) is 0 Å². The maximum Gasteiger partial charge on any atom is 0.0888 e. The zero-order valence-corrected chi connectivity index (χ0v) is 7.70. The molecular weight excluding hydrogens is 212 g/mol. The highest BCUT2D eigenvalue weighted by molar-refractivity contribution is 9.11. The SMILES string of the molecule is OC1CCc2cc(Br)sc21. The van der Waals surface area contributed by atoms with Crippen molar-refractivity contribution in [3.63, 3.8) is 0 Å². The van der Waals surface area contributed by atoms with Gasteiger partial charge in [0.2, 0.25) is 0 Å². The zero-order chi connectivity index (χ0) is 7.14. The monoisotopic (exact) mass is 218 g/mol. The Hall–Kier alpha value is 0.140. The fourth-order valence-electron chi connectivity index (χ4n) is 1.31. The molecule has 3 heteroatoms. The maximum atomic E-state index is 9.38. The number of rotatable bonds is 0. The highest BCUT2D eigenvalue weighted by Crippen LogP contribution is 2.39. The molecule has 1 nitrogen and oxygen atoms in total. The van der Waals surface area contributed by atoms with Gasteiger partial charge in [-0.25, -0.2) is 0 Å². The molecule has 0 saturated heterocycles. The smallest absolute Gasteiger partial charge is 0.0888 e. The van der Waals surface area contributed by atoms with Crippen LogP contribution in [0.4, 0.5) is 0 Å². The number of hydrogen-bond donors (Lipinski definition) is 1. The maximum absolute atomic E-state index is 9.38. The lowest BCUT2D eigenvalue weighted by atomic mass is 10.3. The quantitative estimate of drug-likeness (QED) is 0.710. The van der Waals surface area contributed by atoms with Crippen molar-refractivity contribution < 1.29 is 5.11 Å². The summed E-state index contributed by atoms with van der Waals surface area (Å²) in [7, 11) is 0. The second-order valence-electron chi connectivity index (χ2n) is 2.49. The van der Waals surface area contributed by atoms with Gasteiger partial charge in [0.25, 0.3) is 0 Å². The normalized spacial score (nSPS) is 23.2. The molecule has 1 aromatic rings. The molecule has 1 N–H and O–H groups in total. The van der Waals surface area contributed by atoms with Gasteiger partial charge < -0.3 is 5.11 Å². The molecule has 1 heterocycles. The first kappa shape index (κ1) is 6.83. The van der Waals surface area contributed by atoms with Crippen molar-refractivity contribution in [3.8, 4) is 0 Å². The number of aliphatic hydroxyl groups is 1. The van der Waals surface area contributed by atoms with E-state index in [1.165, 1.54) is 5.56 Å². The van der Waals surface area contributed by atoms with Gasteiger partial charge in [-0.15, -0.1) is 11.3 Å². The van der Waals surface area contributed by atoms with Crippen LogP contribution < -0.4 is 0 Å². The zero-order valence-electron chi connectivity index (χ0n) is 5.30. The fourth-order valence-corrected chi connectivity index (χ4v) is 3.07. The minimum Gasteiger partial charge on any atom is -0.388 e. The van der Waals surface area contributed by atoms with E-state index in [0.717, 1.165) is 21.5 Å². The Morgan fingerprint density at radius 3 is 3.20 bits per heavy atom. The van der Waals surface area contributed by atoms with Crippen molar-refractivity contribution in [1.29, 1.82) is 0 Å². The third-order valence-corrected chi connectivity index (χ3v) is 3.58. The molecule has 1 aliphatic carbocycles. The van der Waals surface area contributed by atoms with Gasteiger partial charge in [-0.1, -0.05) is 0 Å². The molecule has 1 aliphatic rings. The van der Waals surface area contributed by atoms with Crippen molar-refractivity contribution in [2.24, 2.45) is 0 Å². The summed E-state index contributed by atoms with van der Waals surface area (Å²) in [5.41, 5.74) is 1.32. The Kier molecular flexibility index (Phi) is 1.59. The van der Waals surface area contributed by atoms with Crippen LogP contribution in [0.5, 0.6) is 0 Å². The Morgan fingerprint density at radius 1 is 1.70 bits per heavy atom. The minimum atomic E-state index is -0.189. The first-order valence-electron chi connectivity index (χ1n) is 3.23. The van der Waals surface area contributed by atoms with Crippen LogP contribution in [0.1, 0.15) is 23.0 Å². The molecule has 1 aromatic heterocycles. The van der Waals surface area contributed by atoms with E-state index in [1.807, 2.05) is 0 Å². The minimum absolute atomic E-state index is 0.189. The van der Waals surface area contributed by atoms with Gasteiger partial charge in [0.15, 0.2) is 0 Å². The lowest BCUT2D eigenvalue weighted by Crippen LogP contribution is -1.84. The number of halogens is 1. The van der Waals surface area contributed by atoms with E-state index in [9.17, 15) is 5.11 Å². The molecule has 0 radical (unpaired) electrons. The van der Waals surface area contributed by atoms with Crippen LogP contribution in [0.25, 0.3) is 0 Å². The molecule has 0 spiro atoms. The molecule has 1 unspecified atom stereocenters. The summed E-state index contributed by atoms with van der Waals surface area (Å²) in [6.07, 6.45) is 1.76. The van der Waals surface area contributed by atoms with Crippen LogP contribution in [-0.4, -0.2) is 5.11 Å². The third-order valence-electron chi connectivity index (χ3n) is 1.80. The summed E-state index contributed by atoms with van der Waals surface area (Å²) >= 11 is 5.04. The molecule has 0 amide bonds. The average Bonchev–Trinajstić information content (AvgIpc) is 2.35. The number of aliphatic hydroxyl groups excluding tert-OH is 1. The van der Waals surface area contributed by atoms with Crippen molar-refractivity contribution in [3.05, 3.63) is 20.3 Å². The number of hydrogen-bond acceptors (Lipinski definition) is 2. The second-order valence-corrected chi connectivity index (χ2v) is 4.96. The van der Waals surface area contributed by atoms with E-state index in [4.69, 9.17) is 0 Å². The largest absolute Gasteiger partial charge is 0.388 e. The van der Waals surface area contributed by atoms with Gasteiger partial charge in [-0.2, -0.15) is 0 Å². The molecule has 2 rings (SSSR count). The topological polar surface area (TPSA) is 20.2 Å². The van der Waals surface area contributed by atoms with Crippen molar-refractivity contribution in [1.82, 2.24) is 0 Å². The predicted molar refractivity (Wildman–Crippen MR) is 45.3 cm³/mol. The van der Waals surface area contributed by atoms with Gasteiger partial charge in [-0.3, -0.25) is 0 Å². The van der Waals surface area contributed by atoms with E-state index in [2.05, 4.69) is 22.0 Å². The molecule has 0 aliphatic heterocycles. The van der Waals surface area contributed by atoms with Gasteiger partial charge >= 0.3 is 0 Å². The Morgan fingerprint density at radius 2 is 2.50 bits per heavy atom. The van der Waals surface area contributed by atoms with Gasteiger partial charge in [0.05, 0.1) is 9.89 Å². The summed E-state index contributed by atoms with van der Waals surface area (Å²) in [5, 5.41) is 9.38. The molecule has 0 saturated carbocycles. The summed E-state index contributed by atoms with van der Waals surface area (Å²) in [6, 6.07) is 2.11. The molecule has 0 bridgehead atoms. The van der Waals surface area contributed by atoms with Crippen LogP contribution in [-0.2, 0) is 6.42 Å². The Bertz CT molecular complexity index is 256. The fraction of sp³-hybridized carbons (Fsp3) is 0.429. The van der Waals surface area contributed by atoms with E-state index in [1.54, 1.807) is 11.3 Å². The number of thiophene rings is 1. The van der Waals surface area contributed by atoms with Gasteiger partial charge in [-0.05, 0) is 40.4 Å². The first-order valence-corrected chi connectivity index (χ1v) is 4.84. The van der Waals surface area contributed by atoms with Crippen LogP contribution in [0.3, 0.4) is 0 Å². The molecule has 1 atom stereocenters. The molecule has 0 aromatic carbocycles. The molecular formula is C7H7BrOS. The third kappa shape index (κ3) is 0.929. The van der Waals surface area contributed by atoms with Gasteiger partial charge in [0.1, 0.15) is 0 Å². The first-order chi connectivity index (χ1) is 4.77. The van der Waals surface area contributed by atoms with Crippen molar-refractivity contribution in [2.45, 2.75) is 18.9 Å². The lowest BCUT2D eigenvalue weighted by molar-refractivity contribution is 0.183. The number of aryl methyl sites for hydroxylation is 1. The van der Waals surface area contributed by atoms with Crippen LogP contribution in [0, 0.1) is 0 Å². The molecule has 10 heavy (non-hydrogen) atoms. The second kappa shape index (κ2) is 2.32. The summed E-state index contributed by atoms with van der Waals surface area (Å²) < 4.78 is 1.14. The lowest BCUT2D eigenvalue weighted by Gasteiger charge is -1.95. The highest BCUT2D eigenvalue weighted by atomic mass is 79.9. The summed E-state index contributed by atoms with van der Waals surface area (Å²) in [4.78, 5) is 1.16. The van der Waals surface area contributed by atoms with E-state index < -0.39 is 0 Å². The standard InChI is InChI=1S/C7H7BrOS/c8-6-3-4-1-2-5(9)7(4)10-6/h3,5,9H,1-2H2. The Labute approximate surface area is 71.8 Å². The summed E-state index contributed by atoms with van der Waals surface area (Å²) in [5.74, 6) is 0. The van der Waals surface area contributed by atoms with E-state index in [0.29, 0.717) is 0 Å². The molecule has 0 fully saturated rings. The van der Waals surface area contributed by atoms with Crippen molar-refractivity contribution in [2.75, 3.05) is 0 Å². The van der Waals surface area contributed by atoms with E-state index in [-0.39, 0.29) is 6.10 Å². The molecule has 54 valence electrons. The van der Waals surface area contributed by atoms with Crippen molar-refractivity contribution >= 4 is 27.3 Å². The van der Waals surface area contributed by atoms with Crippen LogP contribution >= 0.6 is 27.3 Å². The van der Waals surface area contributed by atoms with Crippen LogP contribution in [0.15, 0.2) is 9.85 Å². The number of fused-ring (bicyclic) bond motifs is 1. The summed E-state index contributed by atoms with van der Waals surface area (Å²) in [6.45, 7) is 0. The Balaban J connectivity index is 2.49. The highest BCUT2D eigenvalue weighted by Gasteiger charge is 2.22. The average molecular weight is 219 g/mol.